The molecule has 8 heteroatoms. The van der Waals surface area contributed by atoms with Crippen LogP contribution in [0, 0.1) is 0 Å². The fraction of sp³-hybridized carbons (Fsp3) is 0.812. The quantitative estimate of drug-likeness (QED) is 0.191. The van der Waals surface area contributed by atoms with E-state index in [1.807, 2.05) is 20.8 Å². The second-order valence-corrected chi connectivity index (χ2v) is 7.39. The number of carbonyl (C=O) groups is 1. The molecule has 142 valence electrons. The van der Waals surface area contributed by atoms with Crippen molar-refractivity contribution in [3.8, 4) is 0 Å². The molecule has 0 unspecified atom stereocenters. The molecule has 0 saturated heterocycles. The van der Waals surface area contributed by atoms with E-state index >= 15 is 0 Å². The van der Waals surface area contributed by atoms with Crippen LogP contribution in [-0.2, 0) is 32.3 Å². The van der Waals surface area contributed by atoms with Crippen LogP contribution in [0.2, 0.25) is 6.04 Å². The third-order valence-corrected chi connectivity index (χ3v) is 6.03. The summed E-state index contributed by atoms with van der Waals surface area (Å²) in [4.78, 5) is 11.7. The maximum Gasteiger partial charge on any atom is 0.501 e. The summed E-state index contributed by atoms with van der Waals surface area (Å²) < 4.78 is 34.0. The topological polar surface area (TPSA) is 72.5 Å². The Morgan fingerprint density at radius 2 is 1.38 bits per heavy atom. The lowest BCUT2D eigenvalue weighted by Crippen LogP contribution is -2.49. The highest BCUT2D eigenvalue weighted by Crippen LogP contribution is 2.28. The van der Waals surface area contributed by atoms with E-state index in [1.165, 1.54) is 0 Å². The number of hydrogen-bond donors (Lipinski definition) is 0. The van der Waals surface area contributed by atoms with Gasteiger partial charge < -0.3 is 27.5 Å². The zero-order chi connectivity index (χ0) is 18.5. The fourth-order valence-electron chi connectivity index (χ4n) is 2.24. The predicted octanol–water partition coefficient (Wildman–Crippen LogP) is 2.88. The van der Waals surface area contributed by atoms with Gasteiger partial charge in [-0.3, -0.25) is 0 Å². The van der Waals surface area contributed by atoms with Crippen molar-refractivity contribution in [1.29, 1.82) is 0 Å². The Labute approximate surface area is 146 Å². The first-order valence-corrected chi connectivity index (χ1v) is 10.4. The molecule has 0 aliphatic rings. The molecular weight excluding hydrogens is 332 g/mol. The summed E-state index contributed by atoms with van der Waals surface area (Å²) in [7, 11) is -2.90. The van der Waals surface area contributed by atoms with Crippen LogP contribution in [-0.4, -0.2) is 53.8 Å². The molecule has 0 radical (unpaired) electrons. The molecule has 0 aromatic heterocycles. The molecule has 0 aromatic carbocycles. The molecule has 0 heterocycles. The average molecular weight is 365 g/mol. The van der Waals surface area contributed by atoms with Crippen molar-refractivity contribution in [2.75, 3.05) is 33.0 Å². The van der Waals surface area contributed by atoms with E-state index in [0.717, 1.165) is 6.08 Å². The van der Waals surface area contributed by atoms with Crippen molar-refractivity contribution in [1.82, 2.24) is 0 Å². The molecule has 0 bridgehead atoms. The highest BCUT2D eigenvalue weighted by Gasteiger charge is 2.46. The summed E-state index contributed by atoms with van der Waals surface area (Å²) in [6.45, 7) is 14.7. The average Bonchev–Trinajstić information content (AvgIpc) is 2.54. The largest absolute Gasteiger partial charge is 0.501 e. The predicted molar refractivity (Wildman–Crippen MR) is 92.3 cm³/mol. The summed E-state index contributed by atoms with van der Waals surface area (Å²) >= 11 is 0. The Balaban J connectivity index is 5.32. The van der Waals surface area contributed by atoms with Gasteiger partial charge in [0.25, 0.3) is 0 Å². The van der Waals surface area contributed by atoms with Crippen LogP contribution in [0.25, 0.3) is 0 Å². The van der Waals surface area contributed by atoms with E-state index in [4.69, 9.17) is 27.5 Å². The SMILES string of the molecule is C=CC(=O)OC(CC[Si](OCC)(OCC)OCC)(OCC)OCC. The Kier molecular flexibility index (Phi) is 12.2. The van der Waals surface area contributed by atoms with Gasteiger partial charge in [0.2, 0.25) is 0 Å². The molecule has 7 nitrogen and oxygen atoms in total. The Morgan fingerprint density at radius 3 is 1.71 bits per heavy atom. The number of ether oxygens (including phenoxy) is 3. The highest BCUT2D eigenvalue weighted by molar-refractivity contribution is 6.60. The number of hydrogen-bond acceptors (Lipinski definition) is 7. The van der Waals surface area contributed by atoms with Crippen LogP contribution >= 0.6 is 0 Å². The van der Waals surface area contributed by atoms with Gasteiger partial charge in [-0.2, -0.15) is 0 Å². The van der Waals surface area contributed by atoms with Crippen molar-refractivity contribution < 1.29 is 32.3 Å². The molecule has 0 N–H and O–H groups in total. The summed E-state index contributed by atoms with van der Waals surface area (Å²) in [6, 6.07) is 0.396. The minimum atomic E-state index is -2.90. The zero-order valence-electron chi connectivity index (χ0n) is 15.6. The van der Waals surface area contributed by atoms with E-state index in [0.29, 0.717) is 39.1 Å². The normalized spacial score (nSPS) is 12.2. The van der Waals surface area contributed by atoms with E-state index in [1.54, 1.807) is 13.8 Å². The van der Waals surface area contributed by atoms with Gasteiger partial charge in [-0.25, -0.2) is 4.79 Å². The molecular formula is C16H32O7Si. The summed E-state index contributed by atoms with van der Waals surface area (Å²) in [5.74, 6) is -2.12. The maximum atomic E-state index is 11.7. The summed E-state index contributed by atoms with van der Waals surface area (Å²) in [5, 5.41) is 0. The molecule has 0 amide bonds. The van der Waals surface area contributed by atoms with Crippen LogP contribution in [0.5, 0.6) is 0 Å². The first-order chi connectivity index (χ1) is 11.5. The van der Waals surface area contributed by atoms with Gasteiger partial charge in [-0.15, -0.1) is 0 Å². The minimum Gasteiger partial charge on any atom is -0.405 e. The molecule has 0 atom stereocenters. The minimum absolute atomic E-state index is 0.237. The Bertz CT molecular complexity index is 339. The van der Waals surface area contributed by atoms with Crippen molar-refractivity contribution >= 4 is 14.8 Å². The zero-order valence-corrected chi connectivity index (χ0v) is 16.6. The van der Waals surface area contributed by atoms with Crippen molar-refractivity contribution in [3.05, 3.63) is 12.7 Å². The molecule has 0 rings (SSSR count). The number of rotatable bonds is 15. The molecule has 0 spiro atoms. The van der Waals surface area contributed by atoms with E-state index in [9.17, 15) is 4.79 Å². The number of carbonyl (C=O) groups excluding carboxylic acids is 1. The first kappa shape index (κ1) is 23.2. The van der Waals surface area contributed by atoms with Crippen LogP contribution in [0.4, 0.5) is 0 Å². The van der Waals surface area contributed by atoms with Crippen LogP contribution < -0.4 is 0 Å². The number of esters is 1. The van der Waals surface area contributed by atoms with Gasteiger partial charge in [0.15, 0.2) is 0 Å². The highest BCUT2D eigenvalue weighted by atomic mass is 28.4. The van der Waals surface area contributed by atoms with Crippen molar-refractivity contribution in [2.24, 2.45) is 0 Å². The van der Waals surface area contributed by atoms with Gasteiger partial charge in [0, 0.05) is 38.4 Å². The van der Waals surface area contributed by atoms with Gasteiger partial charge in [-0.05, 0) is 34.6 Å². The second kappa shape index (κ2) is 12.6. The second-order valence-electron chi connectivity index (χ2n) is 4.66. The van der Waals surface area contributed by atoms with Crippen molar-refractivity contribution in [2.45, 2.75) is 53.1 Å². The van der Waals surface area contributed by atoms with E-state index in [-0.39, 0.29) is 6.42 Å². The van der Waals surface area contributed by atoms with Gasteiger partial charge in [-0.1, -0.05) is 6.58 Å². The van der Waals surface area contributed by atoms with Crippen molar-refractivity contribution in [3.63, 3.8) is 0 Å². The molecule has 0 aliphatic heterocycles. The maximum absolute atomic E-state index is 11.7. The fourth-order valence-corrected chi connectivity index (χ4v) is 4.85. The standard InChI is InChI=1S/C16H32O7Si/c1-7-15(17)23-16(18-8-2,19-9-3)13-14-24(20-10-4,21-11-5)22-12-6/h7H,1,8-14H2,2-6H3. The van der Waals surface area contributed by atoms with E-state index < -0.39 is 20.7 Å². The van der Waals surface area contributed by atoms with Crippen LogP contribution in [0.3, 0.4) is 0 Å². The lowest BCUT2D eigenvalue weighted by molar-refractivity contribution is -0.360. The first-order valence-electron chi connectivity index (χ1n) is 8.52. The smallest absolute Gasteiger partial charge is 0.405 e. The third-order valence-electron chi connectivity index (χ3n) is 2.98. The lowest BCUT2D eigenvalue weighted by Gasteiger charge is -2.35. The van der Waals surface area contributed by atoms with Gasteiger partial charge >= 0.3 is 20.7 Å². The molecule has 0 saturated carbocycles. The molecule has 0 aromatic rings. The van der Waals surface area contributed by atoms with Crippen LogP contribution in [0.15, 0.2) is 12.7 Å². The van der Waals surface area contributed by atoms with E-state index in [2.05, 4.69) is 6.58 Å². The van der Waals surface area contributed by atoms with Gasteiger partial charge in [0.1, 0.15) is 0 Å². The molecule has 0 fully saturated rings. The third kappa shape index (κ3) is 7.87. The van der Waals surface area contributed by atoms with Gasteiger partial charge in [0.05, 0.1) is 13.2 Å². The molecule has 24 heavy (non-hydrogen) atoms. The monoisotopic (exact) mass is 364 g/mol. The summed E-state index contributed by atoms with van der Waals surface area (Å²) in [5.41, 5.74) is 0. The Hall–Kier alpha value is -0.773. The van der Waals surface area contributed by atoms with Crippen LogP contribution in [0.1, 0.15) is 41.0 Å². The summed E-state index contributed by atoms with van der Waals surface area (Å²) in [6.07, 6.45) is 1.31. The molecule has 0 aliphatic carbocycles. The lowest BCUT2D eigenvalue weighted by atomic mass is 10.4. The Morgan fingerprint density at radius 1 is 0.917 bits per heavy atom.